The summed E-state index contributed by atoms with van der Waals surface area (Å²) in [5.41, 5.74) is 0. The Morgan fingerprint density at radius 3 is 2.79 bits per heavy atom. The third-order valence-corrected chi connectivity index (χ3v) is 3.24. The van der Waals surface area contributed by atoms with Crippen LogP contribution in [-0.4, -0.2) is 50.1 Å². The lowest BCUT2D eigenvalue weighted by atomic mass is 10.1. The molecule has 1 aliphatic rings. The van der Waals surface area contributed by atoms with Gasteiger partial charge in [0.25, 0.3) is 0 Å². The maximum Gasteiger partial charge on any atom is 0.191 e. The Labute approximate surface area is 135 Å². The lowest BCUT2D eigenvalue weighted by molar-refractivity contribution is 0.226. The van der Waals surface area contributed by atoms with Crippen molar-refractivity contribution < 1.29 is 0 Å². The number of aliphatic imine (C=N–C) groups is 1. The van der Waals surface area contributed by atoms with E-state index in [0.29, 0.717) is 6.04 Å². The van der Waals surface area contributed by atoms with E-state index in [1.54, 1.807) is 7.05 Å². The molecule has 0 aromatic carbocycles. The average molecular weight is 380 g/mol. The molecule has 1 aliphatic heterocycles. The SMILES string of the molecule is C=CCNC(=NC)NC[C@H]1CCCN1CC(C)C.I. The standard InChI is InChI=1S/C14H28N4.HI/c1-5-8-16-14(15-4)17-10-13-7-6-9-18(13)11-12(2)3;/h5,12-13H,1,6-11H2,2-4H3,(H2,15,16,17);1H/t13-;/m1./s1. The molecule has 19 heavy (non-hydrogen) atoms. The second-order valence-corrected chi connectivity index (χ2v) is 5.31. The van der Waals surface area contributed by atoms with E-state index in [0.717, 1.165) is 25.0 Å². The lowest BCUT2D eigenvalue weighted by Gasteiger charge is -2.26. The lowest BCUT2D eigenvalue weighted by Crippen LogP contribution is -2.45. The molecule has 0 aromatic rings. The van der Waals surface area contributed by atoms with Gasteiger partial charge < -0.3 is 10.6 Å². The van der Waals surface area contributed by atoms with Crippen LogP contribution in [0.15, 0.2) is 17.6 Å². The molecular formula is C14H29IN4. The highest BCUT2D eigenvalue weighted by molar-refractivity contribution is 14.0. The summed E-state index contributed by atoms with van der Waals surface area (Å²) in [6, 6.07) is 0.648. The van der Waals surface area contributed by atoms with Gasteiger partial charge in [-0.2, -0.15) is 0 Å². The monoisotopic (exact) mass is 380 g/mol. The topological polar surface area (TPSA) is 39.7 Å². The van der Waals surface area contributed by atoms with Crippen molar-refractivity contribution in [3.8, 4) is 0 Å². The highest BCUT2D eigenvalue weighted by Crippen LogP contribution is 2.17. The van der Waals surface area contributed by atoms with Crippen LogP contribution in [0.5, 0.6) is 0 Å². The summed E-state index contributed by atoms with van der Waals surface area (Å²) < 4.78 is 0. The van der Waals surface area contributed by atoms with Crippen LogP contribution < -0.4 is 10.6 Å². The number of hydrogen-bond donors (Lipinski definition) is 2. The summed E-state index contributed by atoms with van der Waals surface area (Å²) in [5.74, 6) is 1.61. The average Bonchev–Trinajstić information content (AvgIpc) is 2.76. The van der Waals surface area contributed by atoms with Crippen LogP contribution >= 0.6 is 24.0 Å². The van der Waals surface area contributed by atoms with Crippen LogP contribution in [-0.2, 0) is 0 Å². The van der Waals surface area contributed by atoms with Gasteiger partial charge in [-0.3, -0.25) is 9.89 Å². The summed E-state index contributed by atoms with van der Waals surface area (Å²) >= 11 is 0. The van der Waals surface area contributed by atoms with Crippen LogP contribution in [0.1, 0.15) is 26.7 Å². The zero-order valence-corrected chi connectivity index (χ0v) is 14.8. The molecule has 1 rings (SSSR count). The molecule has 0 amide bonds. The Morgan fingerprint density at radius 2 is 2.21 bits per heavy atom. The summed E-state index contributed by atoms with van der Waals surface area (Å²) in [5, 5.41) is 6.60. The number of likely N-dealkylation sites (tertiary alicyclic amines) is 1. The summed E-state index contributed by atoms with van der Waals surface area (Å²) in [6.45, 7) is 12.4. The van der Waals surface area contributed by atoms with Gasteiger partial charge in [0.15, 0.2) is 5.96 Å². The Balaban J connectivity index is 0.00000324. The quantitative estimate of drug-likeness (QED) is 0.321. The Hall–Kier alpha value is -0.300. The third-order valence-electron chi connectivity index (χ3n) is 3.24. The van der Waals surface area contributed by atoms with E-state index in [9.17, 15) is 0 Å². The number of hydrogen-bond acceptors (Lipinski definition) is 2. The second-order valence-electron chi connectivity index (χ2n) is 5.31. The molecule has 0 radical (unpaired) electrons. The molecule has 4 nitrogen and oxygen atoms in total. The first-order valence-electron chi connectivity index (χ1n) is 6.96. The van der Waals surface area contributed by atoms with Gasteiger partial charge >= 0.3 is 0 Å². The molecule has 2 N–H and O–H groups in total. The fourth-order valence-electron chi connectivity index (χ4n) is 2.44. The highest BCUT2D eigenvalue weighted by atomic mass is 127. The van der Waals surface area contributed by atoms with E-state index in [4.69, 9.17) is 0 Å². The van der Waals surface area contributed by atoms with Crippen molar-refractivity contribution in [1.29, 1.82) is 0 Å². The van der Waals surface area contributed by atoms with Crippen molar-refractivity contribution in [3.05, 3.63) is 12.7 Å². The zero-order valence-electron chi connectivity index (χ0n) is 12.5. The first kappa shape index (κ1) is 18.7. The van der Waals surface area contributed by atoms with Crippen molar-refractivity contribution in [3.63, 3.8) is 0 Å². The van der Waals surface area contributed by atoms with Crippen LogP contribution in [0, 0.1) is 5.92 Å². The molecule has 0 spiro atoms. The molecular weight excluding hydrogens is 351 g/mol. The minimum absolute atomic E-state index is 0. The van der Waals surface area contributed by atoms with Crippen molar-refractivity contribution >= 4 is 29.9 Å². The number of nitrogens with one attached hydrogen (secondary N) is 2. The maximum absolute atomic E-state index is 4.20. The molecule has 0 aliphatic carbocycles. The number of guanidine groups is 1. The largest absolute Gasteiger partial charge is 0.355 e. The molecule has 1 saturated heterocycles. The predicted molar refractivity (Wildman–Crippen MR) is 94.4 cm³/mol. The van der Waals surface area contributed by atoms with Crippen LogP contribution in [0.2, 0.25) is 0 Å². The smallest absolute Gasteiger partial charge is 0.191 e. The highest BCUT2D eigenvalue weighted by Gasteiger charge is 2.24. The Bertz CT molecular complexity index is 279. The molecule has 0 unspecified atom stereocenters. The van der Waals surface area contributed by atoms with Gasteiger partial charge in [-0.05, 0) is 25.3 Å². The normalized spacial score (nSPS) is 20.2. The van der Waals surface area contributed by atoms with E-state index in [-0.39, 0.29) is 24.0 Å². The third kappa shape index (κ3) is 7.15. The predicted octanol–water partition coefficient (Wildman–Crippen LogP) is 2.08. The van der Waals surface area contributed by atoms with Gasteiger partial charge in [0.1, 0.15) is 0 Å². The van der Waals surface area contributed by atoms with E-state index < -0.39 is 0 Å². The van der Waals surface area contributed by atoms with Gasteiger partial charge in [0.05, 0.1) is 0 Å². The molecule has 5 heteroatoms. The minimum Gasteiger partial charge on any atom is -0.355 e. The fraction of sp³-hybridized carbons (Fsp3) is 0.786. The molecule has 1 fully saturated rings. The molecule has 0 bridgehead atoms. The molecule has 0 aromatic heterocycles. The molecule has 1 heterocycles. The molecule has 0 saturated carbocycles. The van der Waals surface area contributed by atoms with E-state index in [2.05, 4.69) is 41.0 Å². The maximum atomic E-state index is 4.20. The van der Waals surface area contributed by atoms with Crippen molar-refractivity contribution in [1.82, 2.24) is 15.5 Å². The summed E-state index contributed by atoms with van der Waals surface area (Å²) in [6.07, 6.45) is 4.45. The fourth-order valence-corrected chi connectivity index (χ4v) is 2.44. The van der Waals surface area contributed by atoms with Crippen LogP contribution in [0.4, 0.5) is 0 Å². The van der Waals surface area contributed by atoms with E-state index in [1.807, 2.05) is 6.08 Å². The van der Waals surface area contributed by atoms with Crippen molar-refractivity contribution in [2.24, 2.45) is 10.9 Å². The van der Waals surface area contributed by atoms with Crippen molar-refractivity contribution in [2.75, 3.05) is 33.2 Å². The van der Waals surface area contributed by atoms with Gasteiger partial charge in [0.2, 0.25) is 0 Å². The van der Waals surface area contributed by atoms with Gasteiger partial charge in [0, 0.05) is 32.7 Å². The van der Waals surface area contributed by atoms with E-state index in [1.165, 1.54) is 25.9 Å². The van der Waals surface area contributed by atoms with Crippen LogP contribution in [0.25, 0.3) is 0 Å². The number of halogens is 1. The Morgan fingerprint density at radius 1 is 1.47 bits per heavy atom. The van der Waals surface area contributed by atoms with Gasteiger partial charge in [-0.15, -0.1) is 30.6 Å². The van der Waals surface area contributed by atoms with Crippen LogP contribution in [0.3, 0.4) is 0 Å². The van der Waals surface area contributed by atoms with Gasteiger partial charge in [-0.25, -0.2) is 0 Å². The first-order valence-corrected chi connectivity index (χ1v) is 6.96. The summed E-state index contributed by atoms with van der Waals surface area (Å²) in [4.78, 5) is 6.80. The molecule has 1 atom stereocenters. The summed E-state index contributed by atoms with van der Waals surface area (Å²) in [7, 11) is 1.80. The number of rotatable bonds is 6. The number of nitrogens with zero attached hydrogens (tertiary/aromatic N) is 2. The minimum atomic E-state index is 0. The van der Waals surface area contributed by atoms with Crippen molar-refractivity contribution in [2.45, 2.75) is 32.7 Å². The zero-order chi connectivity index (χ0) is 13.4. The van der Waals surface area contributed by atoms with E-state index >= 15 is 0 Å². The Kier molecular flexibility index (Phi) is 10.3. The first-order chi connectivity index (χ1) is 8.67. The second kappa shape index (κ2) is 10.5. The van der Waals surface area contributed by atoms with Gasteiger partial charge in [-0.1, -0.05) is 19.9 Å². The molecule has 112 valence electrons.